The van der Waals surface area contributed by atoms with Gasteiger partial charge in [0.05, 0.1) is 13.7 Å². The van der Waals surface area contributed by atoms with E-state index < -0.39 is 0 Å². The Morgan fingerprint density at radius 2 is 2.00 bits per heavy atom. The second kappa shape index (κ2) is 10.5. The van der Waals surface area contributed by atoms with Gasteiger partial charge >= 0.3 is 0 Å². The average Bonchev–Trinajstić information content (AvgIpc) is 2.75. The normalized spacial score (nSPS) is 16.8. The molecule has 7 nitrogen and oxygen atoms in total. The molecule has 2 unspecified atom stereocenters. The minimum atomic E-state index is -0.103. The molecule has 0 saturated heterocycles. The van der Waals surface area contributed by atoms with Crippen molar-refractivity contribution in [1.82, 2.24) is 10.6 Å². The Labute approximate surface area is 177 Å². The van der Waals surface area contributed by atoms with Gasteiger partial charge in [0.15, 0.2) is 5.96 Å². The lowest BCUT2D eigenvalue weighted by molar-refractivity contribution is -0.116. The maximum atomic E-state index is 12.0. The predicted octanol–water partition coefficient (Wildman–Crippen LogP) is 3.14. The van der Waals surface area contributed by atoms with Gasteiger partial charge in [-0.1, -0.05) is 24.3 Å². The van der Waals surface area contributed by atoms with Crippen molar-refractivity contribution >= 4 is 17.6 Å². The molecule has 2 aromatic rings. The van der Waals surface area contributed by atoms with E-state index in [9.17, 15) is 4.79 Å². The third-order valence-corrected chi connectivity index (χ3v) is 4.85. The van der Waals surface area contributed by atoms with E-state index in [2.05, 4.69) is 27.0 Å². The van der Waals surface area contributed by atoms with E-state index in [1.165, 1.54) is 0 Å². The van der Waals surface area contributed by atoms with Gasteiger partial charge < -0.3 is 25.4 Å². The summed E-state index contributed by atoms with van der Waals surface area (Å²) in [6.45, 7) is 5.87. The van der Waals surface area contributed by atoms with Crippen LogP contribution >= 0.6 is 0 Å². The number of nitrogens with zero attached hydrogens (tertiary/aromatic N) is 1. The Balaban J connectivity index is 1.58. The molecule has 0 radical (unpaired) electrons. The maximum Gasteiger partial charge on any atom is 0.225 e. The number of carbonyl (C=O) groups is 1. The molecule has 160 valence electrons. The number of anilines is 1. The highest BCUT2D eigenvalue weighted by atomic mass is 16.5. The molecule has 0 saturated carbocycles. The van der Waals surface area contributed by atoms with E-state index in [1.54, 1.807) is 7.11 Å². The van der Waals surface area contributed by atoms with Crippen molar-refractivity contribution in [3.8, 4) is 11.5 Å². The van der Waals surface area contributed by atoms with Crippen molar-refractivity contribution in [2.24, 2.45) is 4.99 Å². The molecule has 30 heavy (non-hydrogen) atoms. The Kier molecular flexibility index (Phi) is 7.54. The molecule has 2 aromatic carbocycles. The molecule has 1 heterocycles. The summed E-state index contributed by atoms with van der Waals surface area (Å²) >= 11 is 0. The van der Waals surface area contributed by atoms with Gasteiger partial charge in [-0.3, -0.25) is 4.79 Å². The number of ether oxygens (including phenoxy) is 2. The van der Waals surface area contributed by atoms with Gasteiger partial charge in [-0.15, -0.1) is 0 Å². The minimum Gasteiger partial charge on any atom is -0.497 e. The van der Waals surface area contributed by atoms with Crippen molar-refractivity contribution in [1.29, 1.82) is 0 Å². The van der Waals surface area contributed by atoms with Crippen LogP contribution < -0.4 is 25.4 Å². The van der Waals surface area contributed by atoms with Crippen LogP contribution in [-0.4, -0.2) is 44.7 Å². The molecule has 0 spiro atoms. The van der Waals surface area contributed by atoms with E-state index in [1.807, 2.05) is 56.3 Å². The van der Waals surface area contributed by atoms with Crippen LogP contribution in [0.4, 0.5) is 5.69 Å². The second-order valence-corrected chi connectivity index (χ2v) is 7.24. The monoisotopic (exact) mass is 410 g/mol. The summed E-state index contributed by atoms with van der Waals surface area (Å²) in [5.74, 6) is 2.36. The molecule has 1 aliphatic rings. The molecular formula is C23H30N4O3. The van der Waals surface area contributed by atoms with Gasteiger partial charge in [0.1, 0.15) is 17.6 Å². The third kappa shape index (κ3) is 5.89. The number of carbonyl (C=O) groups excluding carboxylic acids is 1. The van der Waals surface area contributed by atoms with E-state index >= 15 is 0 Å². The molecule has 7 heteroatoms. The van der Waals surface area contributed by atoms with Crippen molar-refractivity contribution in [2.75, 3.05) is 32.1 Å². The molecule has 2 atom stereocenters. The number of amides is 1. The van der Waals surface area contributed by atoms with Gasteiger partial charge in [0.25, 0.3) is 0 Å². The van der Waals surface area contributed by atoms with Crippen LogP contribution in [0, 0.1) is 0 Å². The summed E-state index contributed by atoms with van der Waals surface area (Å²) in [4.78, 5) is 16.7. The van der Waals surface area contributed by atoms with Gasteiger partial charge in [-0.05, 0) is 37.6 Å². The lowest BCUT2D eigenvalue weighted by Crippen LogP contribution is -2.41. The Bertz CT molecular complexity index is 884. The van der Waals surface area contributed by atoms with Crippen molar-refractivity contribution in [2.45, 2.75) is 32.3 Å². The van der Waals surface area contributed by atoms with Crippen molar-refractivity contribution in [3.05, 3.63) is 54.1 Å². The quantitative estimate of drug-likeness (QED) is 0.460. The molecule has 0 bridgehead atoms. The number of guanidine groups is 1. The first-order valence-electron chi connectivity index (χ1n) is 10.3. The number of hydrogen-bond donors (Lipinski definition) is 3. The second-order valence-electron chi connectivity index (χ2n) is 7.24. The van der Waals surface area contributed by atoms with Gasteiger partial charge in [-0.2, -0.15) is 0 Å². The topological polar surface area (TPSA) is 84.0 Å². The van der Waals surface area contributed by atoms with Crippen molar-refractivity contribution in [3.63, 3.8) is 0 Å². The van der Waals surface area contributed by atoms with Crippen molar-refractivity contribution < 1.29 is 14.3 Å². The first-order valence-corrected chi connectivity index (χ1v) is 10.3. The Morgan fingerprint density at radius 3 is 2.80 bits per heavy atom. The highest BCUT2D eigenvalue weighted by Gasteiger charge is 2.24. The summed E-state index contributed by atoms with van der Waals surface area (Å²) in [5.41, 5.74) is 2.04. The number of rotatable bonds is 8. The zero-order chi connectivity index (χ0) is 21.3. The van der Waals surface area contributed by atoms with Crippen LogP contribution in [0.2, 0.25) is 0 Å². The predicted molar refractivity (Wildman–Crippen MR) is 119 cm³/mol. The van der Waals surface area contributed by atoms with Crippen LogP contribution in [0.5, 0.6) is 11.5 Å². The summed E-state index contributed by atoms with van der Waals surface area (Å²) in [7, 11) is 1.63. The number of fused-ring (bicyclic) bond motifs is 1. The molecule has 1 aliphatic heterocycles. The molecule has 1 amide bonds. The Morgan fingerprint density at radius 1 is 1.20 bits per heavy atom. The Hall–Kier alpha value is -3.22. The fourth-order valence-electron chi connectivity index (χ4n) is 3.41. The molecular weight excluding hydrogens is 380 g/mol. The lowest BCUT2D eigenvalue weighted by Gasteiger charge is -2.26. The number of hydrogen-bond acceptors (Lipinski definition) is 4. The van der Waals surface area contributed by atoms with E-state index in [0.29, 0.717) is 25.5 Å². The molecule has 3 N–H and O–H groups in total. The molecule has 3 rings (SSSR count). The molecule has 0 fully saturated rings. The van der Waals surface area contributed by atoms with Gasteiger partial charge in [-0.25, -0.2) is 4.99 Å². The summed E-state index contributed by atoms with van der Waals surface area (Å²) < 4.78 is 11.2. The minimum absolute atomic E-state index is 0.0442. The van der Waals surface area contributed by atoms with E-state index in [4.69, 9.17) is 9.47 Å². The zero-order valence-electron chi connectivity index (χ0n) is 17.8. The smallest absolute Gasteiger partial charge is 0.225 e. The van der Waals surface area contributed by atoms with Crippen LogP contribution in [0.3, 0.4) is 0 Å². The van der Waals surface area contributed by atoms with E-state index in [-0.39, 0.29) is 17.9 Å². The van der Waals surface area contributed by atoms with Crippen LogP contribution in [0.1, 0.15) is 31.7 Å². The first kappa shape index (κ1) is 21.5. The molecule has 0 aliphatic carbocycles. The standard InChI is InChI=1S/C23H30N4O3/c1-4-24-23(25-14-16(2)30-19-9-7-8-18(13-19)29-3)26-15-17-12-22(28)27-21-11-6-5-10-20(17)21/h5-11,13,16-17H,4,12,14-15H2,1-3H3,(H,27,28)(H2,24,25,26). The summed E-state index contributed by atoms with van der Waals surface area (Å²) in [6.07, 6.45) is 0.354. The third-order valence-electron chi connectivity index (χ3n) is 4.85. The average molecular weight is 411 g/mol. The van der Waals surface area contributed by atoms with Crippen LogP contribution in [0.15, 0.2) is 53.5 Å². The van der Waals surface area contributed by atoms with Gasteiger partial charge in [0.2, 0.25) is 5.91 Å². The largest absolute Gasteiger partial charge is 0.497 e. The highest BCUT2D eigenvalue weighted by molar-refractivity contribution is 5.94. The van der Waals surface area contributed by atoms with Crippen LogP contribution in [-0.2, 0) is 4.79 Å². The number of benzene rings is 2. The first-order chi connectivity index (χ1) is 14.6. The SMILES string of the molecule is CCNC(=NCC(C)Oc1cccc(OC)c1)NCC1CC(=O)Nc2ccccc21. The zero-order valence-corrected chi connectivity index (χ0v) is 17.8. The number of aliphatic imine (C=N–C) groups is 1. The number of para-hydroxylation sites is 1. The fraction of sp³-hybridized carbons (Fsp3) is 0.391. The van der Waals surface area contributed by atoms with Crippen LogP contribution in [0.25, 0.3) is 0 Å². The maximum absolute atomic E-state index is 12.0. The fourth-order valence-corrected chi connectivity index (χ4v) is 3.41. The highest BCUT2D eigenvalue weighted by Crippen LogP contribution is 2.31. The van der Waals surface area contributed by atoms with Gasteiger partial charge in [0, 0.05) is 37.2 Å². The van der Waals surface area contributed by atoms with E-state index in [0.717, 1.165) is 29.3 Å². The lowest BCUT2D eigenvalue weighted by atomic mass is 9.90. The number of methoxy groups -OCH3 is 1. The summed E-state index contributed by atoms with van der Waals surface area (Å²) in [6, 6.07) is 15.5. The molecule has 0 aromatic heterocycles. The number of nitrogens with one attached hydrogen (secondary N) is 3. The summed E-state index contributed by atoms with van der Waals surface area (Å²) in [5, 5.41) is 9.57.